The molecule has 0 aliphatic carbocycles. The van der Waals surface area contributed by atoms with Gasteiger partial charge in [-0.15, -0.1) is 0 Å². The van der Waals surface area contributed by atoms with Crippen molar-refractivity contribution in [2.75, 3.05) is 11.9 Å². The van der Waals surface area contributed by atoms with Crippen LogP contribution in [0.1, 0.15) is 12.8 Å². The van der Waals surface area contributed by atoms with Crippen LogP contribution < -0.4 is 10.6 Å². The molecule has 15 heavy (non-hydrogen) atoms. The van der Waals surface area contributed by atoms with Gasteiger partial charge in [0.25, 0.3) is 0 Å². The minimum absolute atomic E-state index is 0.0111. The van der Waals surface area contributed by atoms with Crippen LogP contribution in [-0.2, 0) is 4.79 Å². The van der Waals surface area contributed by atoms with Crippen molar-refractivity contribution >= 4 is 23.3 Å². The van der Waals surface area contributed by atoms with Crippen molar-refractivity contribution in [1.29, 1.82) is 0 Å². The Morgan fingerprint density at radius 3 is 3.00 bits per heavy atom. The number of aromatic nitrogens is 2. The summed E-state index contributed by atoms with van der Waals surface area (Å²) in [7, 11) is 0. The molecule has 0 bridgehead atoms. The number of anilines is 1. The molecule has 1 unspecified atom stereocenters. The molecular weight excluding hydrogens is 216 g/mol. The molecule has 2 rings (SSSR count). The number of nitrogens with one attached hydrogen (secondary N) is 2. The van der Waals surface area contributed by atoms with Crippen molar-refractivity contribution in [2.24, 2.45) is 0 Å². The standard InChI is InChI=1S/C9H11ClN4O/c10-7-8(12-5-4-11-7)14-6-2-1-3-13-9(6)15/h4-6H,1-3H2,(H,12,14)(H,13,15). The van der Waals surface area contributed by atoms with Crippen molar-refractivity contribution in [3.8, 4) is 0 Å². The van der Waals surface area contributed by atoms with Crippen LogP contribution in [0.25, 0.3) is 0 Å². The van der Waals surface area contributed by atoms with Gasteiger partial charge in [-0.3, -0.25) is 4.79 Å². The number of rotatable bonds is 2. The Balaban J connectivity index is 2.08. The van der Waals surface area contributed by atoms with Crippen molar-refractivity contribution in [1.82, 2.24) is 15.3 Å². The minimum atomic E-state index is -0.257. The SMILES string of the molecule is O=C1NCCCC1Nc1nccnc1Cl. The second-order valence-corrected chi connectivity index (χ2v) is 3.68. The summed E-state index contributed by atoms with van der Waals surface area (Å²) in [5.74, 6) is 0.448. The van der Waals surface area contributed by atoms with Crippen LogP contribution in [0.15, 0.2) is 12.4 Å². The molecule has 0 radical (unpaired) electrons. The van der Waals surface area contributed by atoms with E-state index in [4.69, 9.17) is 11.6 Å². The van der Waals surface area contributed by atoms with E-state index >= 15 is 0 Å². The van der Waals surface area contributed by atoms with E-state index in [2.05, 4.69) is 20.6 Å². The van der Waals surface area contributed by atoms with Crippen LogP contribution in [0.2, 0.25) is 5.15 Å². The summed E-state index contributed by atoms with van der Waals surface area (Å²) >= 11 is 5.82. The lowest BCUT2D eigenvalue weighted by Crippen LogP contribution is -2.44. The first-order valence-electron chi connectivity index (χ1n) is 4.78. The van der Waals surface area contributed by atoms with E-state index in [0.717, 1.165) is 19.4 Å². The number of hydrogen-bond donors (Lipinski definition) is 2. The number of carbonyl (C=O) groups excluding carboxylic acids is 1. The van der Waals surface area contributed by atoms with Crippen LogP contribution in [-0.4, -0.2) is 28.5 Å². The number of halogens is 1. The van der Waals surface area contributed by atoms with E-state index in [0.29, 0.717) is 5.82 Å². The van der Waals surface area contributed by atoms with Gasteiger partial charge in [0.05, 0.1) is 0 Å². The zero-order valence-electron chi connectivity index (χ0n) is 8.03. The first-order valence-corrected chi connectivity index (χ1v) is 5.16. The first kappa shape index (κ1) is 10.2. The number of piperidine rings is 1. The number of carbonyl (C=O) groups is 1. The third kappa shape index (κ3) is 2.36. The molecule has 6 heteroatoms. The predicted molar refractivity (Wildman–Crippen MR) is 56.7 cm³/mol. The predicted octanol–water partition coefficient (Wildman–Crippen LogP) is 0.820. The van der Waals surface area contributed by atoms with Crippen molar-refractivity contribution < 1.29 is 4.79 Å². The van der Waals surface area contributed by atoms with Crippen molar-refractivity contribution in [3.05, 3.63) is 17.5 Å². The summed E-state index contributed by atoms with van der Waals surface area (Å²) in [6.45, 7) is 0.741. The largest absolute Gasteiger partial charge is 0.356 e. The number of nitrogens with zero attached hydrogens (tertiary/aromatic N) is 2. The van der Waals surface area contributed by atoms with Gasteiger partial charge in [-0.2, -0.15) is 0 Å². The molecule has 1 saturated heterocycles. The Kier molecular flexibility index (Phi) is 3.01. The molecule has 1 aromatic rings. The summed E-state index contributed by atoms with van der Waals surface area (Å²) < 4.78 is 0. The fraction of sp³-hybridized carbons (Fsp3) is 0.444. The first-order chi connectivity index (χ1) is 7.27. The third-order valence-corrected chi connectivity index (χ3v) is 2.53. The highest BCUT2D eigenvalue weighted by Crippen LogP contribution is 2.17. The molecule has 1 amide bonds. The zero-order valence-corrected chi connectivity index (χ0v) is 8.79. The molecule has 2 N–H and O–H groups in total. The second kappa shape index (κ2) is 4.44. The molecule has 1 aliphatic rings. The molecule has 1 fully saturated rings. The van der Waals surface area contributed by atoms with E-state index < -0.39 is 0 Å². The molecule has 0 spiro atoms. The Labute approximate surface area is 92.3 Å². The van der Waals surface area contributed by atoms with Crippen LogP contribution >= 0.6 is 11.6 Å². The zero-order chi connectivity index (χ0) is 10.7. The number of amides is 1. The summed E-state index contributed by atoms with van der Waals surface area (Å²) in [4.78, 5) is 19.3. The van der Waals surface area contributed by atoms with Gasteiger partial charge in [-0.05, 0) is 12.8 Å². The molecule has 5 nitrogen and oxygen atoms in total. The van der Waals surface area contributed by atoms with Gasteiger partial charge < -0.3 is 10.6 Å². The van der Waals surface area contributed by atoms with Crippen molar-refractivity contribution in [3.63, 3.8) is 0 Å². The van der Waals surface area contributed by atoms with Crippen LogP contribution in [0.4, 0.5) is 5.82 Å². The second-order valence-electron chi connectivity index (χ2n) is 3.33. The average molecular weight is 227 g/mol. The van der Waals surface area contributed by atoms with Crippen molar-refractivity contribution in [2.45, 2.75) is 18.9 Å². The van der Waals surface area contributed by atoms with Gasteiger partial charge >= 0.3 is 0 Å². The highest BCUT2D eigenvalue weighted by Gasteiger charge is 2.22. The molecule has 1 aliphatic heterocycles. The molecule has 1 aromatic heterocycles. The van der Waals surface area contributed by atoms with E-state index in [9.17, 15) is 4.79 Å². The Morgan fingerprint density at radius 2 is 2.27 bits per heavy atom. The van der Waals surface area contributed by atoms with Gasteiger partial charge in [0.1, 0.15) is 6.04 Å². The quantitative estimate of drug-likeness (QED) is 0.784. The third-order valence-electron chi connectivity index (χ3n) is 2.25. The van der Waals surface area contributed by atoms with Gasteiger partial charge in [-0.25, -0.2) is 9.97 Å². The maximum atomic E-state index is 11.4. The molecular formula is C9H11ClN4O. The van der Waals surface area contributed by atoms with E-state index in [-0.39, 0.29) is 17.1 Å². The Morgan fingerprint density at radius 1 is 1.47 bits per heavy atom. The van der Waals surface area contributed by atoms with Crippen LogP contribution in [0.5, 0.6) is 0 Å². The molecule has 80 valence electrons. The highest BCUT2D eigenvalue weighted by molar-refractivity contribution is 6.31. The Bertz CT molecular complexity index is 371. The van der Waals surface area contributed by atoms with E-state index in [1.807, 2.05) is 0 Å². The summed E-state index contributed by atoms with van der Waals surface area (Å²) in [6, 6.07) is -0.257. The topological polar surface area (TPSA) is 66.9 Å². The van der Waals surface area contributed by atoms with Gasteiger partial charge in [0, 0.05) is 18.9 Å². The lowest BCUT2D eigenvalue weighted by atomic mass is 10.1. The maximum absolute atomic E-state index is 11.4. The molecule has 1 atom stereocenters. The molecule has 0 saturated carbocycles. The van der Waals surface area contributed by atoms with Crippen LogP contribution in [0.3, 0.4) is 0 Å². The Hall–Kier alpha value is -1.36. The number of hydrogen-bond acceptors (Lipinski definition) is 4. The molecule has 2 heterocycles. The van der Waals surface area contributed by atoms with Gasteiger partial charge in [-0.1, -0.05) is 11.6 Å². The highest BCUT2D eigenvalue weighted by atomic mass is 35.5. The van der Waals surface area contributed by atoms with Gasteiger partial charge in [0.15, 0.2) is 11.0 Å². The summed E-state index contributed by atoms with van der Waals surface area (Å²) in [6.07, 6.45) is 4.80. The van der Waals surface area contributed by atoms with E-state index in [1.54, 1.807) is 0 Å². The fourth-order valence-electron chi connectivity index (χ4n) is 1.49. The monoisotopic (exact) mass is 226 g/mol. The fourth-order valence-corrected chi connectivity index (χ4v) is 1.65. The van der Waals surface area contributed by atoms with Gasteiger partial charge in [0.2, 0.25) is 5.91 Å². The summed E-state index contributed by atoms with van der Waals surface area (Å²) in [5, 5.41) is 6.05. The minimum Gasteiger partial charge on any atom is -0.356 e. The van der Waals surface area contributed by atoms with E-state index in [1.165, 1.54) is 12.4 Å². The average Bonchev–Trinajstić information content (AvgIpc) is 2.24. The lowest BCUT2D eigenvalue weighted by Gasteiger charge is -2.23. The molecule has 0 aromatic carbocycles. The van der Waals surface area contributed by atoms with Crippen LogP contribution in [0, 0.1) is 0 Å². The maximum Gasteiger partial charge on any atom is 0.242 e. The lowest BCUT2D eigenvalue weighted by molar-refractivity contribution is -0.123. The summed E-state index contributed by atoms with van der Waals surface area (Å²) in [5.41, 5.74) is 0. The smallest absolute Gasteiger partial charge is 0.242 e. The normalized spacial score (nSPS) is 20.9.